The van der Waals surface area contributed by atoms with Crippen LogP contribution in [0.15, 0.2) is 94.8 Å². The van der Waals surface area contributed by atoms with E-state index >= 15 is 0 Å². The molecule has 0 unspecified atom stereocenters. The molecule has 0 radical (unpaired) electrons. The Balaban J connectivity index is 1.04. The van der Waals surface area contributed by atoms with Crippen LogP contribution in [0.1, 0.15) is 42.3 Å². The second-order valence-electron chi connectivity index (χ2n) is 18.2. The number of aryl methyl sites for hydroxylation is 4. The third-order valence-corrected chi connectivity index (χ3v) is 17.5. The van der Waals surface area contributed by atoms with Crippen LogP contribution in [0.25, 0.3) is 89.7 Å². The molecule has 7 aromatic heterocycles. The number of ether oxygens (including phenoxy) is 4. The number of benzene rings is 4. The zero-order valence-electron chi connectivity index (χ0n) is 41.6. The van der Waals surface area contributed by atoms with Crippen molar-refractivity contribution < 1.29 is 18.9 Å². The first kappa shape index (κ1) is 47.7. The molecule has 8 bridgehead atoms. The summed E-state index contributed by atoms with van der Waals surface area (Å²) in [7, 11) is 0. The fourth-order valence-electron chi connectivity index (χ4n) is 9.62. The molecule has 0 amide bonds. The molecule has 0 aliphatic carbocycles. The standard InChI is InChI=1S/C56H46N12O4S4/c1-29-41(73-25-57-29)17-21-69-37-13-5-9-33-45(37)53-61-49(33)66-54-47-35(11-7-15-39(47)71-23-19-43-31(3)59-27-75-43)51(63-54)68-56-48-36(12-8-16-40(48)72-24-20-44-32(4)60-28-76-44)52(64-56)67-55-46-34(50(62-55)65-53)10-6-14-38(46)70-22-18-42-30(2)58-26-74-42/h5-16,25-28H,17-24H2,1-4H3,(H2,61,62,63,64,65,66,67,68). The maximum absolute atomic E-state index is 6.66. The summed E-state index contributed by atoms with van der Waals surface area (Å²) in [5, 5.41) is 3.04. The van der Waals surface area contributed by atoms with E-state index in [-0.39, 0.29) is 0 Å². The van der Waals surface area contributed by atoms with Crippen LogP contribution < -0.4 is 18.9 Å². The van der Waals surface area contributed by atoms with Gasteiger partial charge in [-0.2, -0.15) is 0 Å². The highest BCUT2D eigenvalue weighted by Crippen LogP contribution is 2.44. The van der Waals surface area contributed by atoms with Crippen LogP contribution in [-0.2, 0) is 25.7 Å². The summed E-state index contributed by atoms with van der Waals surface area (Å²) in [5.74, 6) is 4.23. The molecule has 378 valence electrons. The molecule has 11 aromatic rings. The van der Waals surface area contributed by atoms with Gasteiger partial charge in [0, 0.05) is 67.1 Å². The number of H-pyrrole nitrogens is 2. The van der Waals surface area contributed by atoms with Gasteiger partial charge in [-0.3, -0.25) is 0 Å². The Morgan fingerprint density at radius 2 is 0.697 bits per heavy atom. The van der Waals surface area contributed by atoms with Crippen molar-refractivity contribution in [2.24, 2.45) is 0 Å². The number of nitrogens with one attached hydrogen (secondary N) is 2. The van der Waals surface area contributed by atoms with Crippen molar-refractivity contribution >= 4 is 89.5 Å². The van der Waals surface area contributed by atoms with E-state index in [2.05, 4.69) is 29.9 Å². The summed E-state index contributed by atoms with van der Waals surface area (Å²) in [5.41, 5.74) is 16.5. The number of aromatic nitrogens is 12. The van der Waals surface area contributed by atoms with Crippen molar-refractivity contribution in [1.82, 2.24) is 59.8 Å². The van der Waals surface area contributed by atoms with E-state index in [0.717, 1.165) is 55.4 Å². The molecule has 20 heteroatoms. The fourth-order valence-corrected chi connectivity index (χ4v) is 12.7. The number of aromatic amines is 2. The lowest BCUT2D eigenvalue weighted by Crippen LogP contribution is -2.02. The number of hydrogen-bond acceptors (Lipinski definition) is 18. The molecule has 76 heavy (non-hydrogen) atoms. The summed E-state index contributed by atoms with van der Waals surface area (Å²) >= 11 is 6.51. The number of fused-ring (bicyclic) bond motifs is 20. The number of nitrogens with zero attached hydrogens (tertiary/aromatic N) is 10. The summed E-state index contributed by atoms with van der Waals surface area (Å²) < 4.78 is 26.6. The van der Waals surface area contributed by atoms with E-state index in [0.29, 0.717) is 132 Å². The normalized spacial score (nSPS) is 11.8. The van der Waals surface area contributed by atoms with Gasteiger partial charge in [-0.25, -0.2) is 49.8 Å². The van der Waals surface area contributed by atoms with Crippen molar-refractivity contribution in [3.63, 3.8) is 0 Å². The van der Waals surface area contributed by atoms with E-state index in [9.17, 15) is 0 Å². The summed E-state index contributed by atoms with van der Waals surface area (Å²) in [4.78, 5) is 61.8. The van der Waals surface area contributed by atoms with E-state index in [1.807, 2.05) is 123 Å². The Morgan fingerprint density at radius 3 is 1.05 bits per heavy atom. The van der Waals surface area contributed by atoms with Gasteiger partial charge in [0.1, 0.15) is 45.6 Å². The van der Waals surface area contributed by atoms with Crippen LogP contribution in [-0.4, -0.2) is 86.2 Å². The molecule has 2 aliphatic rings. The molecule has 0 saturated carbocycles. The lowest BCUT2D eigenvalue weighted by Gasteiger charge is -2.10. The van der Waals surface area contributed by atoms with Gasteiger partial charge in [-0.05, 0) is 52.0 Å². The van der Waals surface area contributed by atoms with Crippen LogP contribution in [0.2, 0.25) is 0 Å². The first-order valence-electron chi connectivity index (χ1n) is 24.7. The smallest absolute Gasteiger partial charge is 0.168 e. The lowest BCUT2D eigenvalue weighted by molar-refractivity contribution is 0.324. The molecule has 2 aliphatic heterocycles. The number of hydrogen-bond donors (Lipinski definition) is 2. The number of rotatable bonds is 16. The van der Waals surface area contributed by atoms with Crippen LogP contribution >= 0.6 is 45.3 Å². The average Bonchev–Trinajstić information content (AvgIpc) is 4.34. The van der Waals surface area contributed by atoms with Crippen LogP contribution in [0, 0.1) is 27.7 Å². The summed E-state index contributed by atoms with van der Waals surface area (Å²) in [6.45, 7) is 9.78. The molecule has 4 aromatic carbocycles. The third-order valence-electron chi connectivity index (χ3n) is 13.5. The monoisotopic (exact) mass is 1080 g/mol. The van der Waals surface area contributed by atoms with E-state index in [1.165, 1.54) is 19.5 Å². The fraction of sp³-hybridized carbons (Fsp3) is 0.214. The Bertz CT molecular complexity index is 3930. The molecule has 16 nitrogen and oxygen atoms in total. The number of thiazole rings is 4. The molecule has 13 rings (SSSR count). The molecular weight excluding hydrogens is 1030 g/mol. The summed E-state index contributed by atoms with van der Waals surface area (Å²) in [6.07, 6.45) is 2.78. The first-order valence-corrected chi connectivity index (χ1v) is 28.2. The molecule has 0 atom stereocenters. The maximum atomic E-state index is 6.66. The van der Waals surface area contributed by atoms with Crippen molar-refractivity contribution in [3.05, 3.63) is 137 Å². The van der Waals surface area contributed by atoms with Crippen molar-refractivity contribution in [3.8, 4) is 68.5 Å². The largest absolute Gasteiger partial charge is 0.492 e. The predicted octanol–water partition coefficient (Wildman–Crippen LogP) is 12.4. The minimum absolute atomic E-state index is 0.416. The molecule has 0 spiro atoms. The van der Waals surface area contributed by atoms with Gasteiger partial charge < -0.3 is 28.9 Å². The second kappa shape index (κ2) is 20.2. The second-order valence-corrected chi connectivity index (χ2v) is 21.9. The van der Waals surface area contributed by atoms with E-state index in [1.54, 1.807) is 45.3 Å². The summed E-state index contributed by atoms with van der Waals surface area (Å²) in [6, 6.07) is 23.7. The maximum Gasteiger partial charge on any atom is 0.168 e. The van der Waals surface area contributed by atoms with E-state index < -0.39 is 0 Å². The van der Waals surface area contributed by atoms with Gasteiger partial charge in [-0.15, -0.1) is 45.3 Å². The SMILES string of the molecule is Cc1ncsc1CCOc1cccc2c1-c1nc-2nc2[nH]c(nc3nc(nc4[nH]c(n1)c1cccc(OCCc5scnc5C)c41)-c1cccc(OCCc4scnc4C)c1-3)c1cccc(OCCc3scnc3C)c21. The quantitative estimate of drug-likeness (QED) is 0.0926. The zero-order valence-corrected chi connectivity index (χ0v) is 44.9. The zero-order chi connectivity index (χ0) is 51.3. The predicted molar refractivity (Wildman–Crippen MR) is 300 cm³/mol. The first-order chi connectivity index (χ1) is 37.3. The molecule has 9 heterocycles. The Kier molecular flexibility index (Phi) is 12.7. The van der Waals surface area contributed by atoms with Crippen molar-refractivity contribution in [1.29, 1.82) is 0 Å². The van der Waals surface area contributed by atoms with Gasteiger partial charge in [0.05, 0.1) is 93.1 Å². The molecule has 0 fully saturated rings. The van der Waals surface area contributed by atoms with Gasteiger partial charge in [0.25, 0.3) is 0 Å². The minimum Gasteiger partial charge on any atom is -0.492 e. The topological polar surface area (TPSA) is 197 Å². The highest BCUT2D eigenvalue weighted by Gasteiger charge is 2.28. The Labute approximate surface area is 451 Å². The van der Waals surface area contributed by atoms with Crippen molar-refractivity contribution in [2.75, 3.05) is 26.4 Å². The van der Waals surface area contributed by atoms with Crippen LogP contribution in [0.3, 0.4) is 0 Å². The molecule has 0 saturated heterocycles. The van der Waals surface area contributed by atoms with E-state index in [4.69, 9.17) is 48.9 Å². The average molecular weight is 1080 g/mol. The highest BCUT2D eigenvalue weighted by molar-refractivity contribution is 7.10. The van der Waals surface area contributed by atoms with Gasteiger partial charge >= 0.3 is 0 Å². The highest BCUT2D eigenvalue weighted by atomic mass is 32.1. The van der Waals surface area contributed by atoms with Gasteiger partial charge in [0.2, 0.25) is 0 Å². The Morgan fingerprint density at radius 1 is 0.368 bits per heavy atom. The minimum atomic E-state index is 0.416. The Hall–Kier alpha value is -8.04. The third kappa shape index (κ3) is 8.99. The van der Waals surface area contributed by atoms with Crippen molar-refractivity contribution in [2.45, 2.75) is 53.4 Å². The molecule has 2 N–H and O–H groups in total. The lowest BCUT2D eigenvalue weighted by atomic mass is 10.1. The van der Waals surface area contributed by atoms with Gasteiger partial charge in [0.15, 0.2) is 23.3 Å². The van der Waals surface area contributed by atoms with Crippen LogP contribution in [0.4, 0.5) is 0 Å². The van der Waals surface area contributed by atoms with Crippen LogP contribution in [0.5, 0.6) is 23.0 Å². The molecular formula is C56H46N12O4S4. The van der Waals surface area contributed by atoms with Gasteiger partial charge in [-0.1, -0.05) is 48.5 Å².